The molecule has 0 heterocycles. The number of thiocarbonyl (C=S) groups is 1. The first-order valence-electron chi connectivity index (χ1n) is 4.52. The number of benzene rings is 1. The van der Waals surface area contributed by atoms with Gasteiger partial charge >= 0.3 is 0 Å². The van der Waals surface area contributed by atoms with Gasteiger partial charge < -0.3 is 11.1 Å². The second-order valence-electron chi connectivity index (χ2n) is 3.19. The summed E-state index contributed by atoms with van der Waals surface area (Å²) in [7, 11) is 0. The highest BCUT2D eigenvalue weighted by Crippen LogP contribution is 2.15. The van der Waals surface area contributed by atoms with Crippen LogP contribution < -0.4 is 11.1 Å². The minimum Gasteiger partial charge on any atom is -0.376 e. The predicted octanol–water partition coefficient (Wildman–Crippen LogP) is 1.53. The van der Waals surface area contributed by atoms with Crippen LogP contribution in [0.5, 0.6) is 0 Å². The van der Waals surface area contributed by atoms with Crippen molar-refractivity contribution in [1.82, 2.24) is 5.32 Å². The number of hydrogen-bond donors (Lipinski definition) is 2. The van der Waals surface area contributed by atoms with Gasteiger partial charge in [-0.3, -0.25) is 4.79 Å². The molecule has 0 atom stereocenters. The summed E-state index contributed by atoms with van der Waals surface area (Å²) < 4.78 is 12.8. The first-order valence-corrected chi connectivity index (χ1v) is 4.93. The van der Waals surface area contributed by atoms with Crippen molar-refractivity contribution in [1.29, 1.82) is 0 Å². The summed E-state index contributed by atoms with van der Waals surface area (Å²) in [6.45, 7) is 3.19. The molecule has 1 amide bonds. The third-order valence-corrected chi connectivity index (χ3v) is 1.97. The van der Waals surface area contributed by atoms with Gasteiger partial charge in [0.15, 0.2) is 5.11 Å². The topological polar surface area (TPSA) is 55.1 Å². The number of hydrogen-bond acceptors (Lipinski definition) is 2. The maximum atomic E-state index is 12.8. The molecule has 0 fully saturated rings. The fourth-order valence-electron chi connectivity index (χ4n) is 1.22. The van der Waals surface area contributed by atoms with Crippen LogP contribution in [0.3, 0.4) is 0 Å². The van der Waals surface area contributed by atoms with Crippen molar-refractivity contribution < 1.29 is 9.18 Å². The maximum Gasteiger partial charge on any atom is 0.230 e. The Hall–Kier alpha value is -1.75. The van der Waals surface area contributed by atoms with Gasteiger partial charge in [-0.25, -0.2) is 4.39 Å². The Kier molecular flexibility index (Phi) is 4.13. The summed E-state index contributed by atoms with van der Waals surface area (Å²) in [6, 6.07) is 6.51. The molecule has 1 aromatic carbocycles. The molecule has 1 aromatic rings. The van der Waals surface area contributed by atoms with E-state index in [1.165, 1.54) is 0 Å². The van der Waals surface area contributed by atoms with Gasteiger partial charge in [-0.05, 0) is 23.8 Å². The van der Waals surface area contributed by atoms with Gasteiger partial charge in [0, 0.05) is 5.56 Å². The molecule has 3 N–H and O–H groups in total. The van der Waals surface area contributed by atoms with E-state index in [1.54, 1.807) is 24.3 Å². The lowest BCUT2D eigenvalue weighted by molar-refractivity contribution is -0.119. The van der Waals surface area contributed by atoms with Crippen LogP contribution in [-0.4, -0.2) is 11.0 Å². The first-order chi connectivity index (χ1) is 7.49. The molecule has 0 bridgehead atoms. The van der Waals surface area contributed by atoms with E-state index < -0.39 is 5.83 Å². The van der Waals surface area contributed by atoms with E-state index in [0.717, 1.165) is 0 Å². The van der Waals surface area contributed by atoms with Crippen molar-refractivity contribution in [3.63, 3.8) is 0 Å². The smallest absolute Gasteiger partial charge is 0.230 e. The number of amides is 1. The summed E-state index contributed by atoms with van der Waals surface area (Å²) in [5.74, 6) is -0.856. The fraction of sp³-hybridized carbons (Fsp3) is 0.0909. The zero-order valence-electron chi connectivity index (χ0n) is 8.50. The van der Waals surface area contributed by atoms with Gasteiger partial charge in [0.2, 0.25) is 5.91 Å². The molecule has 0 aliphatic rings. The number of halogens is 1. The summed E-state index contributed by atoms with van der Waals surface area (Å²) in [5, 5.41) is 2.22. The van der Waals surface area contributed by atoms with E-state index in [2.05, 4.69) is 24.1 Å². The second kappa shape index (κ2) is 5.37. The number of carbonyl (C=O) groups excluding carboxylic acids is 1. The standard InChI is InChI=1S/C11H11FN2OS/c1-7(12)9-4-2-3-8(5-9)6-10(15)14-11(13)16/h2-5H,1,6H2,(H3,13,14,15,16). The van der Waals surface area contributed by atoms with Gasteiger partial charge in [-0.1, -0.05) is 24.8 Å². The molecule has 84 valence electrons. The molecule has 0 radical (unpaired) electrons. The van der Waals surface area contributed by atoms with Crippen LogP contribution >= 0.6 is 12.2 Å². The predicted molar refractivity (Wildman–Crippen MR) is 65.2 cm³/mol. The Morgan fingerprint density at radius 1 is 1.56 bits per heavy atom. The Labute approximate surface area is 98.1 Å². The third-order valence-electron chi connectivity index (χ3n) is 1.87. The van der Waals surface area contributed by atoms with E-state index in [-0.39, 0.29) is 17.4 Å². The molecule has 0 aliphatic carbocycles. The number of nitrogens with two attached hydrogens (primary N) is 1. The lowest BCUT2D eigenvalue weighted by Gasteiger charge is -2.04. The van der Waals surface area contributed by atoms with Crippen molar-refractivity contribution in [3.05, 3.63) is 42.0 Å². The van der Waals surface area contributed by atoms with Crippen molar-refractivity contribution >= 4 is 29.1 Å². The second-order valence-corrected chi connectivity index (χ2v) is 3.63. The molecule has 5 heteroatoms. The quantitative estimate of drug-likeness (QED) is 0.785. The van der Waals surface area contributed by atoms with Crippen LogP contribution in [-0.2, 0) is 11.2 Å². The Bertz CT molecular complexity index is 445. The summed E-state index contributed by atoms with van der Waals surface area (Å²) in [5.41, 5.74) is 6.18. The molecule has 0 unspecified atom stereocenters. The van der Waals surface area contributed by atoms with Crippen molar-refractivity contribution in [3.8, 4) is 0 Å². The highest BCUT2D eigenvalue weighted by Gasteiger charge is 2.05. The van der Waals surface area contributed by atoms with Crippen molar-refractivity contribution in [2.45, 2.75) is 6.42 Å². The van der Waals surface area contributed by atoms with Crippen LogP contribution in [0.2, 0.25) is 0 Å². The normalized spacial score (nSPS) is 9.56. The summed E-state index contributed by atoms with van der Waals surface area (Å²) in [6.07, 6.45) is 0.0957. The number of rotatable bonds is 3. The molecular weight excluding hydrogens is 227 g/mol. The molecule has 0 saturated heterocycles. The Balaban J connectivity index is 2.74. The summed E-state index contributed by atoms with van der Waals surface area (Å²) >= 11 is 4.53. The van der Waals surface area contributed by atoms with Crippen LogP contribution in [0.1, 0.15) is 11.1 Å². The molecule has 3 nitrogen and oxygen atoms in total. The van der Waals surface area contributed by atoms with Gasteiger partial charge in [0.25, 0.3) is 0 Å². The number of nitrogens with one attached hydrogen (secondary N) is 1. The van der Waals surface area contributed by atoms with Gasteiger partial charge in [-0.2, -0.15) is 0 Å². The SMILES string of the molecule is C=C(F)c1cccc(CC(=O)NC(N)=S)c1. The molecular formula is C11H11FN2OS. The maximum absolute atomic E-state index is 12.8. The lowest BCUT2D eigenvalue weighted by atomic mass is 10.1. The van der Waals surface area contributed by atoms with Crippen LogP contribution in [0.25, 0.3) is 5.83 Å². The van der Waals surface area contributed by atoms with Gasteiger partial charge in [0.05, 0.1) is 6.42 Å². The molecule has 0 aromatic heterocycles. The lowest BCUT2D eigenvalue weighted by Crippen LogP contribution is -2.35. The average Bonchev–Trinajstić information content (AvgIpc) is 2.16. The van der Waals surface area contributed by atoms with E-state index in [4.69, 9.17) is 5.73 Å². The summed E-state index contributed by atoms with van der Waals surface area (Å²) in [4.78, 5) is 11.3. The molecule has 0 saturated carbocycles. The highest BCUT2D eigenvalue weighted by atomic mass is 32.1. The first kappa shape index (κ1) is 12.3. The highest BCUT2D eigenvalue weighted by molar-refractivity contribution is 7.80. The average molecular weight is 238 g/mol. The van der Waals surface area contributed by atoms with Gasteiger partial charge in [0.1, 0.15) is 5.83 Å². The minimum absolute atomic E-state index is 0.0731. The Morgan fingerprint density at radius 3 is 2.81 bits per heavy atom. The van der Waals surface area contributed by atoms with Gasteiger partial charge in [-0.15, -0.1) is 0 Å². The largest absolute Gasteiger partial charge is 0.376 e. The fourth-order valence-corrected chi connectivity index (χ4v) is 1.33. The van der Waals surface area contributed by atoms with Crippen LogP contribution in [0.4, 0.5) is 4.39 Å². The molecule has 1 rings (SSSR count). The Morgan fingerprint density at radius 2 is 2.25 bits per heavy atom. The zero-order chi connectivity index (χ0) is 12.1. The zero-order valence-corrected chi connectivity index (χ0v) is 9.31. The molecule has 16 heavy (non-hydrogen) atoms. The van der Waals surface area contributed by atoms with E-state index in [9.17, 15) is 9.18 Å². The number of carbonyl (C=O) groups is 1. The van der Waals surface area contributed by atoms with E-state index in [0.29, 0.717) is 11.1 Å². The monoisotopic (exact) mass is 238 g/mol. The molecule has 0 spiro atoms. The van der Waals surface area contributed by atoms with Crippen molar-refractivity contribution in [2.75, 3.05) is 0 Å². The minimum atomic E-state index is -0.531. The van der Waals surface area contributed by atoms with E-state index in [1.807, 2.05) is 0 Å². The van der Waals surface area contributed by atoms with Crippen molar-refractivity contribution in [2.24, 2.45) is 5.73 Å². The van der Waals surface area contributed by atoms with E-state index >= 15 is 0 Å². The third kappa shape index (κ3) is 3.78. The van der Waals surface area contributed by atoms with Crippen LogP contribution in [0.15, 0.2) is 30.8 Å². The van der Waals surface area contributed by atoms with Crippen LogP contribution in [0, 0.1) is 0 Å². The molecule has 0 aliphatic heterocycles.